The Kier molecular flexibility index (Phi) is 7.93. The molecule has 230 valence electrons. The molecule has 0 aliphatic carbocycles. The summed E-state index contributed by atoms with van der Waals surface area (Å²) in [5, 5.41) is 14.3. The Morgan fingerprint density at radius 1 is 0.932 bits per heavy atom. The number of carbonyl (C=O) groups is 3. The molecule has 0 aromatic heterocycles. The number of carbonyl (C=O) groups excluding carboxylic acids is 3. The molecule has 1 unspecified atom stereocenters. The van der Waals surface area contributed by atoms with E-state index < -0.39 is 29.3 Å². The number of piperidine rings is 2. The van der Waals surface area contributed by atoms with Crippen LogP contribution in [0.4, 0.5) is 13.2 Å². The maximum atomic E-state index is 13.5. The van der Waals surface area contributed by atoms with Crippen LogP contribution < -0.4 is 10.1 Å². The van der Waals surface area contributed by atoms with Crippen LogP contribution in [0.25, 0.3) is 0 Å². The number of fused-ring (bicyclic) bond motifs is 1. The maximum Gasteiger partial charge on any atom is 0.416 e. The van der Waals surface area contributed by atoms with Gasteiger partial charge in [-0.1, -0.05) is 48.5 Å². The summed E-state index contributed by atoms with van der Waals surface area (Å²) in [6.07, 6.45) is -3.32. The van der Waals surface area contributed by atoms with Crippen LogP contribution in [-0.4, -0.2) is 51.8 Å². The van der Waals surface area contributed by atoms with Crippen LogP contribution in [-0.2, 0) is 41.1 Å². The molecule has 44 heavy (non-hydrogen) atoms. The number of halogens is 3. The molecule has 0 spiro atoms. The van der Waals surface area contributed by atoms with Gasteiger partial charge in [-0.15, -0.1) is 0 Å². The molecule has 3 aromatic rings. The summed E-state index contributed by atoms with van der Waals surface area (Å²) < 4.78 is 45.3. The van der Waals surface area contributed by atoms with E-state index >= 15 is 0 Å². The normalized spacial score (nSPS) is 20.4. The molecule has 6 rings (SSSR count). The molecule has 0 bridgehead atoms. The molecule has 2 fully saturated rings. The van der Waals surface area contributed by atoms with E-state index in [1.807, 2.05) is 30.3 Å². The summed E-state index contributed by atoms with van der Waals surface area (Å²) in [6, 6.07) is 17.2. The van der Waals surface area contributed by atoms with Gasteiger partial charge < -0.3 is 14.7 Å². The summed E-state index contributed by atoms with van der Waals surface area (Å²) in [5.41, 5.74) is 1.23. The fourth-order valence-electron chi connectivity index (χ4n) is 6.28. The fraction of sp³-hybridized carbons (Fsp3) is 0.364. The topological polar surface area (TPSA) is 99.2 Å². The van der Waals surface area contributed by atoms with Crippen LogP contribution >= 0.6 is 0 Å². The molecule has 0 radical (unpaired) electrons. The minimum Gasteiger partial charge on any atom is -0.488 e. The molecule has 3 aliphatic heterocycles. The SMILES string of the molecule is O=C1CCC(N2Cc3c(ccc(C4(O)CCN(Cc5ccc(C(F)(F)F)cc5)CC4)c3OCc3ccccc3)C2=O)C(=O)N1. The number of hydrogen-bond acceptors (Lipinski definition) is 6. The van der Waals surface area contributed by atoms with Crippen molar-refractivity contribution in [3.8, 4) is 5.75 Å². The minimum absolute atomic E-state index is 0.106. The van der Waals surface area contributed by atoms with Crippen molar-refractivity contribution < 1.29 is 37.4 Å². The molecule has 8 nitrogen and oxygen atoms in total. The molecule has 2 saturated heterocycles. The standard InChI is InChI=1S/C33H32F3N3O5/c34-33(35,36)23-8-6-21(7-9-23)18-38-16-14-32(43,15-17-38)26-11-10-24-25(29(26)44-20-22-4-2-1-3-5-22)19-39(31(24)42)27-12-13-28(40)37-30(27)41/h1-11,27,43H,12-20H2,(H,37,40,41). The van der Waals surface area contributed by atoms with E-state index in [0.717, 1.165) is 23.3 Å². The highest BCUT2D eigenvalue weighted by Crippen LogP contribution is 2.44. The van der Waals surface area contributed by atoms with E-state index in [9.17, 15) is 32.7 Å². The van der Waals surface area contributed by atoms with Crippen LogP contribution in [0, 0.1) is 0 Å². The Bertz CT molecular complexity index is 1570. The van der Waals surface area contributed by atoms with Gasteiger partial charge in [0.05, 0.1) is 17.7 Å². The van der Waals surface area contributed by atoms with Gasteiger partial charge in [-0.25, -0.2) is 0 Å². The first-order valence-corrected chi connectivity index (χ1v) is 14.6. The molecule has 11 heteroatoms. The molecule has 1 atom stereocenters. The van der Waals surface area contributed by atoms with Crippen molar-refractivity contribution in [2.24, 2.45) is 0 Å². The molecule has 3 aliphatic rings. The lowest BCUT2D eigenvalue weighted by molar-refractivity contribution is -0.138. The summed E-state index contributed by atoms with van der Waals surface area (Å²) in [5.74, 6) is -0.790. The number of alkyl halides is 3. The number of hydrogen-bond donors (Lipinski definition) is 2. The van der Waals surface area contributed by atoms with Crippen molar-refractivity contribution in [3.05, 3.63) is 100 Å². The van der Waals surface area contributed by atoms with Crippen LogP contribution in [0.1, 0.15) is 63.9 Å². The predicted octanol–water partition coefficient (Wildman–Crippen LogP) is 4.53. The van der Waals surface area contributed by atoms with Crippen molar-refractivity contribution in [2.45, 2.75) is 63.2 Å². The Morgan fingerprint density at radius 3 is 2.30 bits per heavy atom. The highest BCUT2D eigenvalue weighted by Gasteiger charge is 2.43. The van der Waals surface area contributed by atoms with Gasteiger partial charge in [0.2, 0.25) is 11.8 Å². The van der Waals surface area contributed by atoms with Crippen LogP contribution in [0.5, 0.6) is 5.75 Å². The Hall–Kier alpha value is -4.22. The fourth-order valence-corrected chi connectivity index (χ4v) is 6.28. The minimum atomic E-state index is -4.39. The first-order chi connectivity index (χ1) is 21.0. The Morgan fingerprint density at radius 2 is 1.64 bits per heavy atom. The average Bonchev–Trinajstić information content (AvgIpc) is 3.33. The molecule has 2 N–H and O–H groups in total. The van der Waals surface area contributed by atoms with Gasteiger partial charge in [-0.3, -0.25) is 24.6 Å². The number of nitrogens with one attached hydrogen (secondary N) is 1. The van der Waals surface area contributed by atoms with Gasteiger partial charge in [0.25, 0.3) is 5.91 Å². The van der Waals surface area contributed by atoms with Crippen LogP contribution in [0.15, 0.2) is 66.7 Å². The third kappa shape index (κ3) is 5.94. The molecular formula is C33H32F3N3O5. The molecule has 3 heterocycles. The van der Waals surface area contributed by atoms with Crippen molar-refractivity contribution in [1.82, 2.24) is 15.1 Å². The third-order valence-corrected chi connectivity index (χ3v) is 8.76. The van der Waals surface area contributed by atoms with Gasteiger partial charge in [0, 0.05) is 42.7 Å². The summed E-state index contributed by atoms with van der Waals surface area (Å²) in [7, 11) is 0. The van der Waals surface area contributed by atoms with Crippen LogP contribution in [0.3, 0.4) is 0 Å². The molecule has 3 aromatic carbocycles. The zero-order chi connectivity index (χ0) is 31.1. The van der Waals surface area contributed by atoms with Crippen LogP contribution in [0.2, 0.25) is 0 Å². The quantitative estimate of drug-likeness (QED) is 0.383. The molecule has 0 saturated carbocycles. The number of benzene rings is 3. The van der Waals surface area contributed by atoms with Gasteiger partial charge >= 0.3 is 6.18 Å². The largest absolute Gasteiger partial charge is 0.488 e. The lowest BCUT2D eigenvalue weighted by Gasteiger charge is -2.39. The second-order valence-electron chi connectivity index (χ2n) is 11.6. The molecule has 3 amide bonds. The monoisotopic (exact) mass is 607 g/mol. The van der Waals surface area contributed by atoms with E-state index in [2.05, 4.69) is 10.2 Å². The second-order valence-corrected chi connectivity index (χ2v) is 11.6. The number of imide groups is 1. The smallest absolute Gasteiger partial charge is 0.416 e. The van der Waals surface area contributed by atoms with Gasteiger partial charge in [-0.05, 0) is 48.6 Å². The Balaban J connectivity index is 1.24. The molecular weight excluding hydrogens is 575 g/mol. The Labute approximate surface area is 252 Å². The lowest BCUT2D eigenvalue weighted by Crippen LogP contribution is -2.52. The summed E-state index contributed by atoms with van der Waals surface area (Å²) in [6.45, 7) is 1.74. The first-order valence-electron chi connectivity index (χ1n) is 14.6. The van der Waals surface area contributed by atoms with Crippen molar-refractivity contribution in [2.75, 3.05) is 13.1 Å². The van der Waals surface area contributed by atoms with Crippen molar-refractivity contribution in [1.29, 1.82) is 0 Å². The highest BCUT2D eigenvalue weighted by atomic mass is 19.4. The van der Waals surface area contributed by atoms with E-state index in [-0.39, 0.29) is 37.8 Å². The van der Waals surface area contributed by atoms with Gasteiger partial charge in [0.15, 0.2) is 0 Å². The van der Waals surface area contributed by atoms with Crippen molar-refractivity contribution >= 4 is 17.7 Å². The third-order valence-electron chi connectivity index (χ3n) is 8.76. The predicted molar refractivity (Wildman–Crippen MR) is 153 cm³/mol. The number of ether oxygens (including phenoxy) is 1. The second kappa shape index (κ2) is 11.7. The maximum absolute atomic E-state index is 13.5. The summed E-state index contributed by atoms with van der Waals surface area (Å²) in [4.78, 5) is 41.4. The van der Waals surface area contributed by atoms with E-state index in [0.29, 0.717) is 54.9 Å². The zero-order valence-corrected chi connectivity index (χ0v) is 23.9. The van der Waals surface area contributed by atoms with Crippen molar-refractivity contribution in [3.63, 3.8) is 0 Å². The van der Waals surface area contributed by atoms with E-state index in [1.165, 1.54) is 17.0 Å². The summed E-state index contributed by atoms with van der Waals surface area (Å²) >= 11 is 0. The van der Waals surface area contributed by atoms with E-state index in [4.69, 9.17) is 4.74 Å². The average molecular weight is 608 g/mol. The number of amides is 3. The highest BCUT2D eigenvalue weighted by molar-refractivity contribution is 6.05. The number of aliphatic hydroxyl groups is 1. The number of rotatable bonds is 7. The van der Waals surface area contributed by atoms with Gasteiger partial charge in [0.1, 0.15) is 18.4 Å². The number of likely N-dealkylation sites (tertiary alicyclic amines) is 1. The van der Waals surface area contributed by atoms with Gasteiger partial charge in [-0.2, -0.15) is 13.2 Å². The van der Waals surface area contributed by atoms with E-state index in [1.54, 1.807) is 12.1 Å². The first kappa shape index (κ1) is 29.8. The lowest BCUT2D eigenvalue weighted by atomic mass is 9.82. The number of nitrogens with zero attached hydrogens (tertiary/aromatic N) is 2. The zero-order valence-electron chi connectivity index (χ0n) is 23.9.